The summed E-state index contributed by atoms with van der Waals surface area (Å²) in [5.41, 5.74) is 10.7. The van der Waals surface area contributed by atoms with Gasteiger partial charge in [-0.25, -0.2) is 0 Å². The molecule has 0 aliphatic heterocycles. The monoisotopic (exact) mass is 528 g/mol. The van der Waals surface area contributed by atoms with E-state index in [0.29, 0.717) is 0 Å². The van der Waals surface area contributed by atoms with Crippen molar-refractivity contribution in [3.63, 3.8) is 0 Å². The Bertz CT molecular complexity index is 2050. The van der Waals surface area contributed by atoms with E-state index in [9.17, 15) is 0 Å². The van der Waals surface area contributed by atoms with E-state index in [1.807, 2.05) is 24.3 Å². The van der Waals surface area contributed by atoms with Crippen LogP contribution in [0.5, 0.6) is 0 Å². The van der Waals surface area contributed by atoms with Gasteiger partial charge in [-0.05, 0) is 34.4 Å². The van der Waals surface area contributed by atoms with Gasteiger partial charge in [-0.2, -0.15) is 0 Å². The molecular formula is C39H28O2. The summed E-state index contributed by atoms with van der Waals surface area (Å²) in [6, 6.07) is 47.2. The van der Waals surface area contributed by atoms with Gasteiger partial charge >= 0.3 is 0 Å². The van der Waals surface area contributed by atoms with Gasteiger partial charge in [0.05, 0.1) is 0 Å². The van der Waals surface area contributed by atoms with Crippen LogP contribution >= 0.6 is 0 Å². The van der Waals surface area contributed by atoms with Crippen molar-refractivity contribution in [3.05, 3.63) is 145 Å². The van der Waals surface area contributed by atoms with Crippen LogP contribution in [0, 0.1) is 0 Å². The van der Waals surface area contributed by atoms with Crippen LogP contribution < -0.4 is 0 Å². The van der Waals surface area contributed by atoms with Crippen molar-refractivity contribution in [3.8, 4) is 22.3 Å². The summed E-state index contributed by atoms with van der Waals surface area (Å²) in [4.78, 5) is 0. The number of rotatable bonds is 4. The van der Waals surface area contributed by atoms with Crippen LogP contribution in [0.4, 0.5) is 0 Å². The summed E-state index contributed by atoms with van der Waals surface area (Å²) >= 11 is 0. The number of para-hydroxylation sites is 4. The third-order valence-electron chi connectivity index (χ3n) is 8.64. The van der Waals surface area contributed by atoms with Crippen molar-refractivity contribution in [1.82, 2.24) is 0 Å². The van der Waals surface area contributed by atoms with Crippen LogP contribution in [-0.4, -0.2) is 0 Å². The van der Waals surface area contributed by atoms with Gasteiger partial charge < -0.3 is 8.83 Å². The van der Waals surface area contributed by atoms with Crippen LogP contribution in [-0.2, 0) is 5.41 Å². The number of hydrogen-bond acceptors (Lipinski definition) is 2. The first kappa shape index (κ1) is 23.8. The lowest BCUT2D eigenvalue weighted by molar-refractivity contribution is 0.641. The van der Waals surface area contributed by atoms with Gasteiger partial charge in [-0.15, -0.1) is 0 Å². The fraction of sp³-hybridized carbons (Fsp3) is 0.0769. The third kappa shape index (κ3) is 3.72. The molecule has 196 valence electrons. The maximum atomic E-state index is 6.29. The molecule has 0 amide bonds. The molecule has 0 bridgehead atoms. The predicted molar refractivity (Wildman–Crippen MR) is 170 cm³/mol. The Morgan fingerprint density at radius 3 is 1.22 bits per heavy atom. The molecular weight excluding hydrogens is 500 g/mol. The Morgan fingerprint density at radius 2 is 0.780 bits per heavy atom. The zero-order chi connectivity index (χ0) is 27.6. The second kappa shape index (κ2) is 8.97. The Morgan fingerprint density at radius 1 is 0.390 bits per heavy atom. The maximum Gasteiger partial charge on any atom is 0.143 e. The van der Waals surface area contributed by atoms with Crippen LogP contribution in [0.1, 0.15) is 25.0 Å². The highest BCUT2D eigenvalue weighted by molar-refractivity contribution is 6.10. The summed E-state index contributed by atoms with van der Waals surface area (Å²) < 4.78 is 12.6. The minimum absolute atomic E-state index is 0.159. The second-order valence-electron chi connectivity index (χ2n) is 11.3. The van der Waals surface area contributed by atoms with Gasteiger partial charge in [-0.3, -0.25) is 0 Å². The fourth-order valence-electron chi connectivity index (χ4n) is 6.25. The quantitative estimate of drug-likeness (QED) is 0.227. The normalized spacial score (nSPS) is 12.1. The van der Waals surface area contributed by atoms with E-state index in [1.165, 1.54) is 11.1 Å². The Hall–Kier alpha value is -5.08. The molecule has 0 aliphatic rings. The largest absolute Gasteiger partial charge is 0.455 e. The first-order valence-electron chi connectivity index (χ1n) is 14.1. The summed E-state index contributed by atoms with van der Waals surface area (Å²) in [5, 5.41) is 4.62. The van der Waals surface area contributed by atoms with E-state index in [2.05, 4.69) is 123 Å². The van der Waals surface area contributed by atoms with Gasteiger partial charge in [0.25, 0.3) is 0 Å². The van der Waals surface area contributed by atoms with E-state index in [0.717, 1.165) is 66.1 Å². The summed E-state index contributed by atoms with van der Waals surface area (Å²) in [6.07, 6.45) is 0. The molecule has 8 aromatic rings. The fourth-order valence-corrected chi connectivity index (χ4v) is 6.25. The van der Waals surface area contributed by atoms with Crippen molar-refractivity contribution in [2.24, 2.45) is 0 Å². The lowest BCUT2D eigenvalue weighted by Crippen LogP contribution is -2.18. The summed E-state index contributed by atoms with van der Waals surface area (Å²) in [7, 11) is 0. The maximum absolute atomic E-state index is 6.29. The molecule has 0 aliphatic carbocycles. The summed E-state index contributed by atoms with van der Waals surface area (Å²) in [5.74, 6) is 0. The van der Waals surface area contributed by atoms with Crippen LogP contribution in [0.15, 0.2) is 142 Å². The standard InChI is InChI=1S/C39H28O2/c1-39(2,27-21-17-25(18-22-27)29-11-7-13-33-31-9-3-5-15-35(31)40-37(29)33)28-23-19-26(20-24-28)30-12-8-14-34-32-10-4-6-16-36(32)41-38(30)34/h3-24H,1-2H3. The van der Waals surface area contributed by atoms with Crippen molar-refractivity contribution in [1.29, 1.82) is 0 Å². The lowest BCUT2D eigenvalue weighted by Gasteiger charge is -2.26. The molecule has 0 unspecified atom stereocenters. The average Bonchev–Trinajstić information content (AvgIpc) is 3.60. The van der Waals surface area contributed by atoms with Crippen molar-refractivity contribution in [2.45, 2.75) is 19.3 Å². The first-order chi connectivity index (χ1) is 20.1. The van der Waals surface area contributed by atoms with Crippen molar-refractivity contribution < 1.29 is 8.83 Å². The number of fused-ring (bicyclic) bond motifs is 6. The molecule has 41 heavy (non-hydrogen) atoms. The molecule has 0 radical (unpaired) electrons. The highest BCUT2D eigenvalue weighted by Gasteiger charge is 2.24. The SMILES string of the molecule is CC(C)(c1ccc(-c2cccc3c2oc2ccccc23)cc1)c1ccc(-c2cccc3c2oc2ccccc23)cc1. The molecule has 2 nitrogen and oxygen atoms in total. The summed E-state index contributed by atoms with van der Waals surface area (Å²) in [6.45, 7) is 4.58. The molecule has 0 atom stereocenters. The minimum Gasteiger partial charge on any atom is -0.455 e. The molecule has 2 heterocycles. The van der Waals surface area contributed by atoms with Gasteiger partial charge in [0, 0.05) is 38.1 Å². The van der Waals surface area contributed by atoms with E-state index in [4.69, 9.17) is 8.83 Å². The third-order valence-corrected chi connectivity index (χ3v) is 8.64. The molecule has 0 N–H and O–H groups in total. The zero-order valence-electron chi connectivity index (χ0n) is 23.0. The van der Waals surface area contributed by atoms with Gasteiger partial charge in [-0.1, -0.05) is 135 Å². The van der Waals surface area contributed by atoms with Gasteiger partial charge in [0.15, 0.2) is 0 Å². The smallest absolute Gasteiger partial charge is 0.143 e. The van der Waals surface area contributed by atoms with E-state index >= 15 is 0 Å². The van der Waals surface area contributed by atoms with Crippen molar-refractivity contribution in [2.75, 3.05) is 0 Å². The van der Waals surface area contributed by atoms with E-state index in [-0.39, 0.29) is 5.41 Å². The number of benzene rings is 6. The topological polar surface area (TPSA) is 26.3 Å². The van der Waals surface area contributed by atoms with Crippen LogP contribution in [0.25, 0.3) is 66.1 Å². The Balaban J connectivity index is 1.13. The van der Waals surface area contributed by atoms with E-state index < -0.39 is 0 Å². The Kier molecular flexibility index (Phi) is 5.20. The highest BCUT2D eigenvalue weighted by atomic mass is 16.3. The average molecular weight is 529 g/mol. The highest BCUT2D eigenvalue weighted by Crippen LogP contribution is 2.39. The van der Waals surface area contributed by atoms with Gasteiger partial charge in [0.2, 0.25) is 0 Å². The molecule has 6 aromatic carbocycles. The zero-order valence-corrected chi connectivity index (χ0v) is 23.0. The van der Waals surface area contributed by atoms with Crippen LogP contribution in [0.2, 0.25) is 0 Å². The molecule has 2 heteroatoms. The predicted octanol–water partition coefficient (Wildman–Crippen LogP) is 11.1. The molecule has 0 spiro atoms. The van der Waals surface area contributed by atoms with E-state index in [1.54, 1.807) is 0 Å². The van der Waals surface area contributed by atoms with Crippen LogP contribution in [0.3, 0.4) is 0 Å². The molecule has 2 aromatic heterocycles. The van der Waals surface area contributed by atoms with Crippen molar-refractivity contribution >= 4 is 43.9 Å². The molecule has 0 fully saturated rings. The van der Waals surface area contributed by atoms with Gasteiger partial charge in [0.1, 0.15) is 22.3 Å². The first-order valence-corrected chi connectivity index (χ1v) is 14.1. The number of hydrogen-bond donors (Lipinski definition) is 0. The molecule has 8 rings (SSSR count). The second-order valence-corrected chi connectivity index (χ2v) is 11.3. The molecule has 0 saturated carbocycles. The number of furan rings is 2. The minimum atomic E-state index is -0.159. The Labute approximate surface area is 238 Å². The molecule has 0 saturated heterocycles. The lowest BCUT2D eigenvalue weighted by atomic mass is 9.77.